The van der Waals surface area contributed by atoms with Crippen molar-refractivity contribution < 1.29 is 18.9 Å². The summed E-state index contributed by atoms with van der Waals surface area (Å²) >= 11 is 6.42. The molecule has 0 amide bonds. The molecule has 0 atom stereocenters. The summed E-state index contributed by atoms with van der Waals surface area (Å²) in [5, 5.41) is 4.10. The zero-order valence-electron chi connectivity index (χ0n) is 18.4. The van der Waals surface area contributed by atoms with Gasteiger partial charge in [-0.05, 0) is 43.5 Å². The van der Waals surface area contributed by atoms with Crippen molar-refractivity contribution in [1.29, 1.82) is 0 Å². The molecule has 1 aliphatic heterocycles. The summed E-state index contributed by atoms with van der Waals surface area (Å²) in [5.74, 6) is 4.41. The Bertz CT molecular complexity index is 932. The molecule has 0 spiro atoms. The lowest BCUT2D eigenvalue weighted by Crippen LogP contribution is -2.43. The van der Waals surface area contributed by atoms with Crippen molar-refractivity contribution in [2.24, 2.45) is 0 Å². The van der Waals surface area contributed by atoms with Gasteiger partial charge in [0.25, 0.3) is 0 Å². The minimum absolute atomic E-state index is 0.0562. The minimum atomic E-state index is -0.0562. The highest BCUT2D eigenvalue weighted by Crippen LogP contribution is 2.40. The molecule has 1 heterocycles. The van der Waals surface area contributed by atoms with Gasteiger partial charge in [-0.25, -0.2) is 0 Å². The SMILES string of the molecule is C#CCOc1c(Cl)cc(CNCC2(c3cc(C)ccc3OC)CCOCC2)cc1OC. The van der Waals surface area contributed by atoms with Gasteiger partial charge in [0.2, 0.25) is 0 Å². The highest BCUT2D eigenvalue weighted by atomic mass is 35.5. The third-order valence-corrected chi connectivity index (χ3v) is 6.04. The van der Waals surface area contributed by atoms with Gasteiger partial charge in [-0.2, -0.15) is 0 Å². The second-order valence-electron chi connectivity index (χ2n) is 7.80. The third kappa shape index (κ3) is 5.46. The molecule has 1 fully saturated rings. The summed E-state index contributed by atoms with van der Waals surface area (Å²) in [7, 11) is 3.32. The molecule has 5 nitrogen and oxygen atoms in total. The number of nitrogens with one attached hydrogen (secondary N) is 1. The van der Waals surface area contributed by atoms with Crippen LogP contribution in [0, 0.1) is 19.3 Å². The van der Waals surface area contributed by atoms with E-state index in [1.165, 1.54) is 11.1 Å². The van der Waals surface area contributed by atoms with Gasteiger partial charge >= 0.3 is 0 Å². The average Bonchev–Trinajstić information content (AvgIpc) is 2.78. The van der Waals surface area contributed by atoms with E-state index in [2.05, 4.69) is 36.4 Å². The molecule has 3 rings (SSSR count). The molecule has 31 heavy (non-hydrogen) atoms. The van der Waals surface area contributed by atoms with Crippen LogP contribution in [-0.4, -0.2) is 40.6 Å². The highest BCUT2D eigenvalue weighted by molar-refractivity contribution is 6.32. The molecule has 0 bridgehead atoms. The van der Waals surface area contributed by atoms with E-state index < -0.39 is 0 Å². The van der Waals surface area contributed by atoms with Crippen molar-refractivity contribution in [3.05, 3.63) is 52.0 Å². The molecule has 0 aliphatic carbocycles. The molecule has 0 radical (unpaired) electrons. The second-order valence-corrected chi connectivity index (χ2v) is 8.21. The van der Waals surface area contributed by atoms with Crippen LogP contribution in [0.2, 0.25) is 5.02 Å². The summed E-state index contributed by atoms with van der Waals surface area (Å²) in [6.45, 7) is 5.16. The molecule has 6 heteroatoms. The van der Waals surface area contributed by atoms with E-state index in [1.807, 2.05) is 12.1 Å². The number of methoxy groups -OCH3 is 2. The Balaban J connectivity index is 1.79. The molecule has 1 saturated heterocycles. The normalized spacial score (nSPS) is 15.2. The molecule has 166 valence electrons. The Morgan fingerprint density at radius 2 is 1.87 bits per heavy atom. The summed E-state index contributed by atoms with van der Waals surface area (Å²) in [5.41, 5.74) is 3.41. The zero-order valence-corrected chi connectivity index (χ0v) is 19.2. The summed E-state index contributed by atoms with van der Waals surface area (Å²) < 4.78 is 22.4. The zero-order chi connectivity index (χ0) is 22.3. The van der Waals surface area contributed by atoms with Crippen LogP contribution in [0.5, 0.6) is 17.2 Å². The van der Waals surface area contributed by atoms with Crippen LogP contribution in [0.3, 0.4) is 0 Å². The quantitative estimate of drug-likeness (QED) is 0.577. The van der Waals surface area contributed by atoms with Crippen LogP contribution in [0.25, 0.3) is 0 Å². The topological polar surface area (TPSA) is 49.0 Å². The second kappa shape index (κ2) is 10.8. The number of terminal acetylenes is 1. The third-order valence-electron chi connectivity index (χ3n) is 5.76. The number of halogens is 1. The van der Waals surface area contributed by atoms with Crippen molar-refractivity contribution in [3.8, 4) is 29.6 Å². The lowest BCUT2D eigenvalue weighted by molar-refractivity contribution is 0.0489. The standard InChI is InChI=1S/C25H30ClNO4/c1-5-10-31-24-21(26)14-19(15-23(24)29-4)16-27-17-25(8-11-30-12-9-25)20-13-18(2)6-7-22(20)28-3/h1,6-7,13-15,27H,8-12,16-17H2,2-4H3. The van der Waals surface area contributed by atoms with E-state index in [0.717, 1.165) is 43.9 Å². The van der Waals surface area contributed by atoms with Crippen molar-refractivity contribution >= 4 is 11.6 Å². The van der Waals surface area contributed by atoms with E-state index in [9.17, 15) is 0 Å². The first kappa shape index (κ1) is 23.3. The Hall–Kier alpha value is -2.39. The van der Waals surface area contributed by atoms with Gasteiger partial charge in [0.05, 0.1) is 19.2 Å². The highest BCUT2D eigenvalue weighted by Gasteiger charge is 2.36. The van der Waals surface area contributed by atoms with Crippen LogP contribution in [0.1, 0.15) is 29.5 Å². The van der Waals surface area contributed by atoms with Crippen LogP contribution >= 0.6 is 11.6 Å². The van der Waals surface area contributed by atoms with Crippen LogP contribution in [0.4, 0.5) is 0 Å². The van der Waals surface area contributed by atoms with Gasteiger partial charge < -0.3 is 24.3 Å². The number of benzene rings is 2. The first-order valence-electron chi connectivity index (χ1n) is 10.4. The summed E-state index contributed by atoms with van der Waals surface area (Å²) in [6, 6.07) is 10.2. The Morgan fingerprint density at radius 3 is 2.55 bits per heavy atom. The van der Waals surface area contributed by atoms with E-state index in [0.29, 0.717) is 23.1 Å². The van der Waals surface area contributed by atoms with Gasteiger partial charge in [0.1, 0.15) is 12.4 Å². The Labute approximate surface area is 190 Å². The Morgan fingerprint density at radius 1 is 1.13 bits per heavy atom. The Kier molecular flexibility index (Phi) is 8.09. The van der Waals surface area contributed by atoms with Crippen LogP contribution < -0.4 is 19.5 Å². The van der Waals surface area contributed by atoms with Gasteiger partial charge in [-0.15, -0.1) is 6.42 Å². The van der Waals surface area contributed by atoms with Gasteiger partial charge in [-0.3, -0.25) is 0 Å². The maximum absolute atomic E-state index is 6.42. The van der Waals surface area contributed by atoms with Gasteiger partial charge in [0, 0.05) is 37.3 Å². The van der Waals surface area contributed by atoms with Crippen molar-refractivity contribution in [2.75, 3.05) is 40.6 Å². The number of rotatable bonds is 9. The number of aryl methyl sites for hydroxylation is 1. The lowest BCUT2D eigenvalue weighted by Gasteiger charge is -2.39. The largest absolute Gasteiger partial charge is 0.496 e. The van der Waals surface area contributed by atoms with Crippen LogP contribution in [0.15, 0.2) is 30.3 Å². The maximum atomic E-state index is 6.42. The predicted octanol–water partition coefficient (Wildman–Crippen LogP) is 4.52. The first-order valence-corrected chi connectivity index (χ1v) is 10.8. The van der Waals surface area contributed by atoms with E-state index in [4.69, 9.17) is 37.0 Å². The molecule has 1 aliphatic rings. The van der Waals surface area contributed by atoms with Crippen molar-refractivity contribution in [1.82, 2.24) is 5.32 Å². The minimum Gasteiger partial charge on any atom is -0.496 e. The molecule has 0 aromatic heterocycles. The fourth-order valence-corrected chi connectivity index (χ4v) is 4.40. The monoisotopic (exact) mass is 443 g/mol. The number of hydrogen-bond donors (Lipinski definition) is 1. The van der Waals surface area contributed by atoms with Crippen molar-refractivity contribution in [2.45, 2.75) is 31.7 Å². The average molecular weight is 444 g/mol. The fraction of sp³-hybridized carbons (Fsp3) is 0.440. The summed E-state index contributed by atoms with van der Waals surface area (Å²) in [6.07, 6.45) is 7.15. The van der Waals surface area contributed by atoms with E-state index >= 15 is 0 Å². The predicted molar refractivity (Wildman–Crippen MR) is 124 cm³/mol. The maximum Gasteiger partial charge on any atom is 0.181 e. The van der Waals surface area contributed by atoms with Gasteiger partial charge in [0.15, 0.2) is 11.5 Å². The van der Waals surface area contributed by atoms with E-state index in [1.54, 1.807) is 14.2 Å². The molecule has 0 unspecified atom stereocenters. The lowest BCUT2D eigenvalue weighted by atomic mass is 9.73. The first-order chi connectivity index (χ1) is 15.0. The molecule has 2 aromatic carbocycles. The van der Waals surface area contributed by atoms with Crippen LogP contribution in [-0.2, 0) is 16.7 Å². The smallest absolute Gasteiger partial charge is 0.181 e. The van der Waals surface area contributed by atoms with Gasteiger partial charge in [-0.1, -0.05) is 35.2 Å². The molecule has 1 N–H and O–H groups in total. The summed E-state index contributed by atoms with van der Waals surface area (Å²) in [4.78, 5) is 0. The molecule has 0 saturated carbocycles. The fourth-order valence-electron chi connectivity index (χ4n) is 4.12. The number of hydrogen-bond acceptors (Lipinski definition) is 5. The molecule has 2 aromatic rings. The van der Waals surface area contributed by atoms with E-state index in [-0.39, 0.29) is 12.0 Å². The number of ether oxygens (including phenoxy) is 4. The molecular formula is C25H30ClNO4. The molecular weight excluding hydrogens is 414 g/mol. The van der Waals surface area contributed by atoms with Crippen molar-refractivity contribution in [3.63, 3.8) is 0 Å².